The molecule has 0 spiro atoms. The third-order valence-electron chi connectivity index (χ3n) is 3.32. The maximum atomic E-state index is 3.41. The van der Waals surface area contributed by atoms with Crippen molar-refractivity contribution in [1.82, 2.24) is 5.32 Å². The summed E-state index contributed by atoms with van der Waals surface area (Å²) in [7, 11) is 2.02. The third-order valence-corrected chi connectivity index (χ3v) is 5.13. The van der Waals surface area contributed by atoms with Gasteiger partial charge in [-0.25, -0.2) is 0 Å². The lowest BCUT2D eigenvalue weighted by atomic mass is 9.86. The van der Waals surface area contributed by atoms with Gasteiger partial charge in [-0.15, -0.1) is 11.3 Å². The lowest BCUT2D eigenvalue weighted by Crippen LogP contribution is -2.17. The molecule has 0 saturated heterocycles. The van der Waals surface area contributed by atoms with Crippen molar-refractivity contribution < 1.29 is 0 Å². The van der Waals surface area contributed by atoms with E-state index < -0.39 is 0 Å². The smallest absolute Gasteiger partial charge is 0.0656 e. The van der Waals surface area contributed by atoms with Crippen LogP contribution in [-0.4, -0.2) is 7.05 Å². The molecule has 102 valence electrons. The Morgan fingerprint density at radius 2 is 1.74 bits per heavy atom. The molecule has 1 unspecified atom stereocenters. The second kappa shape index (κ2) is 5.94. The van der Waals surface area contributed by atoms with E-state index in [4.69, 9.17) is 0 Å². The normalized spacial score (nSPS) is 13.5. The van der Waals surface area contributed by atoms with Gasteiger partial charge in [0.15, 0.2) is 0 Å². The molecule has 0 saturated carbocycles. The molecule has 1 nitrogen and oxygen atoms in total. The van der Waals surface area contributed by atoms with E-state index in [0.29, 0.717) is 0 Å². The zero-order chi connectivity index (χ0) is 14.0. The van der Waals surface area contributed by atoms with Gasteiger partial charge in [0.05, 0.1) is 8.93 Å². The van der Waals surface area contributed by atoms with E-state index in [9.17, 15) is 0 Å². The molecular formula is C16H20INS. The maximum absolute atomic E-state index is 3.41. The van der Waals surface area contributed by atoms with Crippen molar-refractivity contribution in [1.29, 1.82) is 0 Å². The van der Waals surface area contributed by atoms with E-state index in [0.717, 1.165) is 0 Å². The summed E-state index contributed by atoms with van der Waals surface area (Å²) in [5.74, 6) is 0. The number of hydrogen-bond acceptors (Lipinski definition) is 2. The van der Waals surface area contributed by atoms with Gasteiger partial charge in [0, 0.05) is 0 Å². The fourth-order valence-corrected chi connectivity index (χ4v) is 3.57. The highest BCUT2D eigenvalue weighted by molar-refractivity contribution is 14.1. The first kappa shape index (κ1) is 15.0. The Balaban J connectivity index is 2.30. The zero-order valence-corrected chi connectivity index (χ0v) is 14.8. The van der Waals surface area contributed by atoms with Crippen LogP contribution < -0.4 is 5.32 Å². The molecule has 19 heavy (non-hydrogen) atoms. The molecule has 0 aliphatic carbocycles. The topological polar surface area (TPSA) is 12.0 Å². The molecule has 1 heterocycles. The molecule has 1 aromatic carbocycles. The van der Waals surface area contributed by atoms with Crippen molar-refractivity contribution in [2.24, 2.45) is 0 Å². The predicted molar refractivity (Wildman–Crippen MR) is 93.1 cm³/mol. The maximum Gasteiger partial charge on any atom is 0.0656 e. The monoisotopic (exact) mass is 385 g/mol. The molecule has 1 N–H and O–H groups in total. The van der Waals surface area contributed by atoms with E-state index in [-0.39, 0.29) is 11.5 Å². The quantitative estimate of drug-likeness (QED) is 0.737. The third kappa shape index (κ3) is 3.58. The van der Waals surface area contributed by atoms with Gasteiger partial charge >= 0.3 is 0 Å². The van der Waals surface area contributed by atoms with Crippen LogP contribution in [0, 0.1) is 2.88 Å². The second-order valence-corrected chi connectivity index (χ2v) is 8.58. The summed E-state index contributed by atoms with van der Waals surface area (Å²) in [6, 6.07) is 11.5. The average molecular weight is 385 g/mol. The Hall–Kier alpha value is -0.390. The summed E-state index contributed by atoms with van der Waals surface area (Å²) >= 11 is 4.17. The minimum absolute atomic E-state index is 0.214. The summed E-state index contributed by atoms with van der Waals surface area (Å²) in [6.07, 6.45) is 0. The number of benzene rings is 1. The van der Waals surface area contributed by atoms with Crippen LogP contribution in [0.25, 0.3) is 0 Å². The van der Waals surface area contributed by atoms with Crippen molar-refractivity contribution >= 4 is 33.9 Å². The van der Waals surface area contributed by atoms with E-state index in [2.05, 4.69) is 84.4 Å². The van der Waals surface area contributed by atoms with Crippen molar-refractivity contribution in [2.75, 3.05) is 7.05 Å². The first-order valence-electron chi connectivity index (χ1n) is 6.43. The van der Waals surface area contributed by atoms with E-state index in [1.807, 2.05) is 7.05 Å². The summed E-state index contributed by atoms with van der Waals surface area (Å²) in [5.41, 5.74) is 4.27. The predicted octanol–water partition coefficient (Wildman–Crippen LogP) is 4.96. The van der Waals surface area contributed by atoms with Gasteiger partial charge in [-0.1, -0.05) is 45.0 Å². The van der Waals surface area contributed by atoms with E-state index in [1.165, 1.54) is 19.6 Å². The summed E-state index contributed by atoms with van der Waals surface area (Å²) in [4.78, 5) is 0. The number of halogens is 1. The van der Waals surface area contributed by atoms with Crippen molar-refractivity contribution in [2.45, 2.75) is 32.2 Å². The van der Waals surface area contributed by atoms with Crippen LogP contribution in [0.2, 0.25) is 0 Å². The van der Waals surface area contributed by atoms with Crippen LogP contribution in [0.15, 0.2) is 35.7 Å². The van der Waals surface area contributed by atoms with Crippen LogP contribution in [0.5, 0.6) is 0 Å². The van der Waals surface area contributed by atoms with Crippen molar-refractivity contribution in [3.05, 3.63) is 55.3 Å². The van der Waals surface area contributed by atoms with Crippen molar-refractivity contribution in [3.8, 4) is 0 Å². The molecule has 0 amide bonds. The van der Waals surface area contributed by atoms with Crippen molar-refractivity contribution in [3.63, 3.8) is 0 Å². The molecule has 0 aliphatic heterocycles. The summed E-state index contributed by atoms with van der Waals surface area (Å²) in [6.45, 7) is 6.75. The number of thiophene rings is 1. The molecule has 1 atom stereocenters. The standard InChI is InChI=1S/C16H20INS/c1-16(2,3)13-7-5-11(6-8-13)15(18-4)12-9-14(17)19-10-12/h5-10,15,18H,1-4H3. The number of nitrogens with one attached hydrogen (secondary N) is 1. The minimum atomic E-state index is 0.214. The van der Waals surface area contributed by atoms with Gasteiger partial charge in [0.1, 0.15) is 0 Å². The Labute approximate surface area is 133 Å². The lowest BCUT2D eigenvalue weighted by molar-refractivity contribution is 0.589. The Morgan fingerprint density at radius 3 is 2.16 bits per heavy atom. The molecular weight excluding hydrogens is 365 g/mol. The molecule has 0 bridgehead atoms. The SMILES string of the molecule is CNC(c1ccc(C(C)(C)C)cc1)c1csc(I)c1. The van der Waals surface area contributed by atoms with Gasteiger partial charge < -0.3 is 5.32 Å². The Kier molecular flexibility index (Phi) is 4.69. The second-order valence-electron chi connectivity index (χ2n) is 5.78. The summed E-state index contributed by atoms with van der Waals surface area (Å²) in [5, 5.41) is 5.65. The minimum Gasteiger partial charge on any atom is -0.309 e. The van der Waals surface area contributed by atoms with Gasteiger partial charge in [0.25, 0.3) is 0 Å². The van der Waals surface area contributed by atoms with Gasteiger partial charge in [-0.2, -0.15) is 0 Å². The Morgan fingerprint density at radius 1 is 1.11 bits per heavy atom. The molecule has 2 aromatic rings. The first-order chi connectivity index (χ1) is 8.91. The number of rotatable bonds is 3. The highest BCUT2D eigenvalue weighted by Crippen LogP contribution is 2.29. The molecule has 0 radical (unpaired) electrons. The molecule has 0 fully saturated rings. The average Bonchev–Trinajstić information content (AvgIpc) is 2.76. The summed E-state index contributed by atoms with van der Waals surface area (Å²) < 4.78 is 1.33. The highest BCUT2D eigenvalue weighted by atomic mass is 127. The molecule has 3 heteroatoms. The van der Waals surface area contributed by atoms with Crippen LogP contribution >= 0.6 is 33.9 Å². The fourth-order valence-electron chi connectivity index (χ4n) is 2.18. The largest absolute Gasteiger partial charge is 0.309 e. The molecule has 2 rings (SSSR count). The number of hydrogen-bond donors (Lipinski definition) is 1. The van der Waals surface area contributed by atoms with Crippen LogP contribution in [0.3, 0.4) is 0 Å². The highest BCUT2D eigenvalue weighted by Gasteiger charge is 2.16. The zero-order valence-electron chi connectivity index (χ0n) is 11.8. The van der Waals surface area contributed by atoms with Crippen LogP contribution in [0.4, 0.5) is 0 Å². The lowest BCUT2D eigenvalue weighted by Gasteiger charge is -2.21. The van der Waals surface area contributed by atoms with Gasteiger partial charge in [-0.3, -0.25) is 0 Å². The Bertz CT molecular complexity index is 537. The van der Waals surface area contributed by atoms with E-state index >= 15 is 0 Å². The molecule has 0 aliphatic rings. The van der Waals surface area contributed by atoms with Gasteiger partial charge in [-0.05, 0) is 63.2 Å². The van der Waals surface area contributed by atoms with E-state index in [1.54, 1.807) is 11.3 Å². The first-order valence-corrected chi connectivity index (χ1v) is 8.39. The fraction of sp³-hybridized carbons (Fsp3) is 0.375. The van der Waals surface area contributed by atoms with Crippen LogP contribution in [0.1, 0.15) is 43.5 Å². The van der Waals surface area contributed by atoms with Gasteiger partial charge in [0.2, 0.25) is 0 Å². The molecule has 1 aromatic heterocycles. The van der Waals surface area contributed by atoms with Crippen LogP contribution in [-0.2, 0) is 5.41 Å².